The van der Waals surface area contributed by atoms with Crippen molar-refractivity contribution in [3.8, 4) is 17.2 Å². The zero-order valence-corrected chi connectivity index (χ0v) is 20.8. The molecule has 5 nitrogen and oxygen atoms in total. The molecule has 0 radical (unpaired) electrons. The molecule has 1 aliphatic rings. The lowest BCUT2D eigenvalue weighted by molar-refractivity contribution is 0.102. The van der Waals surface area contributed by atoms with E-state index in [4.69, 9.17) is 4.42 Å². The predicted octanol–water partition coefficient (Wildman–Crippen LogP) is 6.80. The fourth-order valence-electron chi connectivity index (χ4n) is 4.77. The summed E-state index contributed by atoms with van der Waals surface area (Å²) in [6, 6.07) is 18.3. The number of thiophene rings is 1. The number of hydrogen-bond donors (Lipinski definition) is 1. The van der Waals surface area contributed by atoms with E-state index < -0.39 is 5.63 Å². The van der Waals surface area contributed by atoms with E-state index in [-0.39, 0.29) is 11.3 Å². The smallest absolute Gasteiger partial charge is 0.344 e. The fraction of sp³-hybridized carbons (Fsp3) is 0.276. The van der Waals surface area contributed by atoms with Gasteiger partial charge in [0.15, 0.2) is 0 Å². The molecule has 1 atom stereocenters. The summed E-state index contributed by atoms with van der Waals surface area (Å²) in [7, 11) is 0. The molecule has 1 unspecified atom stereocenters. The highest BCUT2D eigenvalue weighted by Crippen LogP contribution is 2.44. The largest absolute Gasteiger partial charge is 0.422 e. The molecule has 2 aromatic heterocycles. The van der Waals surface area contributed by atoms with Crippen LogP contribution in [0.25, 0.3) is 22.1 Å². The molecule has 1 N–H and O–H groups in total. The maximum Gasteiger partial charge on any atom is 0.344 e. The first-order valence-corrected chi connectivity index (χ1v) is 12.6. The van der Waals surface area contributed by atoms with Crippen LogP contribution in [0.15, 0.2) is 63.8 Å². The van der Waals surface area contributed by atoms with Gasteiger partial charge in [0.1, 0.15) is 16.7 Å². The molecule has 2 heterocycles. The Bertz CT molecular complexity index is 1530. The summed E-state index contributed by atoms with van der Waals surface area (Å²) in [6.45, 7) is 6.78. The van der Waals surface area contributed by atoms with Crippen molar-refractivity contribution in [2.24, 2.45) is 11.3 Å². The summed E-state index contributed by atoms with van der Waals surface area (Å²) in [6.07, 6.45) is 2.87. The number of fused-ring (bicyclic) bond motifs is 2. The highest BCUT2D eigenvalue weighted by molar-refractivity contribution is 7.16. The van der Waals surface area contributed by atoms with Crippen LogP contribution in [0.5, 0.6) is 0 Å². The molecule has 0 fully saturated rings. The summed E-state index contributed by atoms with van der Waals surface area (Å²) in [5.41, 5.74) is 3.60. The maximum atomic E-state index is 13.0. The molecule has 4 aromatic rings. The molecule has 5 rings (SSSR count). The maximum absolute atomic E-state index is 13.0. The van der Waals surface area contributed by atoms with Gasteiger partial charge in [-0.05, 0) is 66.0 Å². The van der Waals surface area contributed by atoms with Crippen molar-refractivity contribution in [1.29, 1.82) is 5.26 Å². The van der Waals surface area contributed by atoms with E-state index in [2.05, 4.69) is 32.2 Å². The van der Waals surface area contributed by atoms with Crippen molar-refractivity contribution < 1.29 is 9.21 Å². The number of benzene rings is 2. The Kier molecular flexibility index (Phi) is 5.82. The van der Waals surface area contributed by atoms with Gasteiger partial charge in [0.25, 0.3) is 5.91 Å². The molecule has 1 aliphatic carbocycles. The van der Waals surface area contributed by atoms with E-state index in [0.29, 0.717) is 38.8 Å². The van der Waals surface area contributed by atoms with Gasteiger partial charge in [-0.15, -0.1) is 11.3 Å². The quantitative estimate of drug-likeness (QED) is 0.326. The Hall–Kier alpha value is -3.69. The van der Waals surface area contributed by atoms with Crippen molar-refractivity contribution >= 4 is 33.2 Å². The number of anilines is 1. The topological polar surface area (TPSA) is 83.1 Å². The lowest BCUT2D eigenvalue weighted by Crippen LogP contribution is -2.26. The predicted molar refractivity (Wildman–Crippen MR) is 140 cm³/mol. The molecular formula is C29H26N2O3S. The highest BCUT2D eigenvalue weighted by Gasteiger charge is 2.32. The third-order valence-corrected chi connectivity index (χ3v) is 8.10. The second-order valence-electron chi connectivity index (χ2n) is 10.1. The Morgan fingerprint density at radius 1 is 1.14 bits per heavy atom. The summed E-state index contributed by atoms with van der Waals surface area (Å²) >= 11 is 1.52. The number of para-hydroxylation sites is 1. The first-order chi connectivity index (χ1) is 16.7. The van der Waals surface area contributed by atoms with Crippen molar-refractivity contribution in [3.05, 3.63) is 86.6 Å². The Morgan fingerprint density at radius 2 is 1.89 bits per heavy atom. The van der Waals surface area contributed by atoms with E-state index in [1.807, 2.05) is 18.2 Å². The molecule has 0 bridgehead atoms. The van der Waals surface area contributed by atoms with E-state index in [0.717, 1.165) is 30.2 Å². The average molecular weight is 483 g/mol. The molecule has 2 aromatic carbocycles. The normalized spacial score (nSPS) is 15.4. The summed E-state index contributed by atoms with van der Waals surface area (Å²) in [4.78, 5) is 26.7. The lowest BCUT2D eigenvalue weighted by Gasteiger charge is -2.33. The monoisotopic (exact) mass is 482 g/mol. The van der Waals surface area contributed by atoms with Crippen LogP contribution in [0.1, 0.15) is 53.6 Å². The zero-order chi connectivity index (χ0) is 24.7. The Morgan fingerprint density at radius 3 is 2.60 bits per heavy atom. The number of nitrogens with one attached hydrogen (secondary N) is 1. The van der Waals surface area contributed by atoms with Gasteiger partial charge >= 0.3 is 5.63 Å². The fourth-order valence-corrected chi connectivity index (χ4v) is 6.04. The van der Waals surface area contributed by atoms with E-state index in [1.54, 1.807) is 36.4 Å². The third-order valence-electron chi connectivity index (χ3n) is 6.93. The van der Waals surface area contributed by atoms with Gasteiger partial charge < -0.3 is 9.73 Å². The Balaban J connectivity index is 1.38. The van der Waals surface area contributed by atoms with Crippen molar-refractivity contribution in [3.63, 3.8) is 0 Å². The summed E-state index contributed by atoms with van der Waals surface area (Å²) < 4.78 is 5.43. The second kappa shape index (κ2) is 8.83. The van der Waals surface area contributed by atoms with Gasteiger partial charge in [0.05, 0.1) is 11.1 Å². The third kappa shape index (κ3) is 4.40. The average Bonchev–Trinajstić information content (AvgIpc) is 3.19. The number of carbonyl (C=O) groups is 1. The molecule has 0 spiro atoms. The molecule has 1 amide bonds. The minimum Gasteiger partial charge on any atom is -0.422 e. The second-order valence-corrected chi connectivity index (χ2v) is 11.2. The minimum atomic E-state index is -0.419. The van der Waals surface area contributed by atoms with Crippen LogP contribution in [0, 0.1) is 22.7 Å². The number of hydrogen-bond acceptors (Lipinski definition) is 5. The molecule has 6 heteroatoms. The van der Waals surface area contributed by atoms with E-state index >= 15 is 0 Å². The van der Waals surface area contributed by atoms with Crippen LogP contribution in [0.4, 0.5) is 5.00 Å². The van der Waals surface area contributed by atoms with E-state index in [1.165, 1.54) is 16.2 Å². The highest BCUT2D eigenvalue weighted by atomic mass is 32.1. The van der Waals surface area contributed by atoms with E-state index in [9.17, 15) is 14.9 Å². The van der Waals surface area contributed by atoms with Gasteiger partial charge in [-0.3, -0.25) is 4.79 Å². The number of nitrogens with zero attached hydrogens (tertiary/aromatic N) is 1. The summed E-state index contributed by atoms with van der Waals surface area (Å²) in [5.74, 6) is 0.286. The SMILES string of the molecule is CC(C)(C)C1CCc2c(sc(NC(=O)c3ccc(-c4cc5ccccc5oc4=O)cc3)c2C#N)C1. The first-order valence-electron chi connectivity index (χ1n) is 11.7. The molecular weight excluding hydrogens is 456 g/mol. The van der Waals surface area contributed by atoms with Gasteiger partial charge in [0.2, 0.25) is 0 Å². The van der Waals surface area contributed by atoms with Crippen molar-refractivity contribution in [1.82, 2.24) is 0 Å². The van der Waals surface area contributed by atoms with Crippen molar-refractivity contribution in [2.75, 3.05) is 5.32 Å². The number of amides is 1. The van der Waals surface area contributed by atoms with Crippen LogP contribution in [-0.4, -0.2) is 5.91 Å². The van der Waals surface area contributed by atoms with Gasteiger partial charge in [0, 0.05) is 15.8 Å². The number of nitriles is 1. The Labute approximate surface area is 208 Å². The van der Waals surface area contributed by atoms with Crippen LogP contribution >= 0.6 is 11.3 Å². The van der Waals surface area contributed by atoms with Crippen LogP contribution < -0.4 is 10.9 Å². The summed E-state index contributed by atoms with van der Waals surface area (Å²) in [5, 5.41) is 14.2. The molecule has 176 valence electrons. The van der Waals surface area contributed by atoms with Gasteiger partial charge in [-0.25, -0.2) is 4.79 Å². The van der Waals surface area contributed by atoms with Crippen LogP contribution in [-0.2, 0) is 12.8 Å². The number of rotatable bonds is 3. The molecule has 0 saturated heterocycles. The number of carbonyl (C=O) groups excluding carboxylic acids is 1. The van der Waals surface area contributed by atoms with Crippen LogP contribution in [0.2, 0.25) is 0 Å². The van der Waals surface area contributed by atoms with Crippen molar-refractivity contribution in [2.45, 2.75) is 40.0 Å². The zero-order valence-electron chi connectivity index (χ0n) is 20.0. The van der Waals surface area contributed by atoms with Gasteiger partial charge in [-0.2, -0.15) is 5.26 Å². The standard InChI is InChI=1S/C29H26N2O3S/c1-29(2,3)20-12-13-21-23(16-30)27(35-25(21)15-20)31-26(32)18-10-8-17(9-11-18)22-14-19-6-4-5-7-24(19)34-28(22)33/h4-11,14,20H,12-13,15H2,1-3H3,(H,31,32). The molecule has 35 heavy (non-hydrogen) atoms. The minimum absolute atomic E-state index is 0.210. The first kappa shape index (κ1) is 23.1. The molecule has 0 aliphatic heterocycles. The lowest BCUT2D eigenvalue weighted by atomic mass is 9.72. The van der Waals surface area contributed by atoms with Gasteiger partial charge in [-0.1, -0.05) is 51.1 Å². The molecule has 0 saturated carbocycles. The van der Waals surface area contributed by atoms with Crippen LogP contribution in [0.3, 0.4) is 0 Å².